The maximum Gasteiger partial charge on any atom is 0.269 e. The Kier molecular flexibility index (Phi) is 4.84. The van der Waals surface area contributed by atoms with Gasteiger partial charge in [-0.2, -0.15) is 0 Å². The van der Waals surface area contributed by atoms with Gasteiger partial charge in [-0.3, -0.25) is 10.1 Å². The lowest BCUT2D eigenvalue weighted by molar-refractivity contribution is -0.384. The van der Waals surface area contributed by atoms with Crippen molar-refractivity contribution in [3.63, 3.8) is 0 Å². The first-order valence-corrected chi connectivity index (χ1v) is 6.35. The largest absolute Gasteiger partial charge is 0.493 e. The van der Waals surface area contributed by atoms with Gasteiger partial charge in [-0.1, -0.05) is 12.1 Å². The average Bonchev–Trinajstić information content (AvgIpc) is 2.49. The summed E-state index contributed by atoms with van der Waals surface area (Å²) < 4.78 is 18.5. The number of nitro benzene ring substituents is 1. The molecule has 0 fully saturated rings. The van der Waals surface area contributed by atoms with Crippen molar-refractivity contribution in [3.8, 4) is 5.75 Å². The van der Waals surface area contributed by atoms with E-state index in [1.54, 1.807) is 12.1 Å². The van der Waals surface area contributed by atoms with Gasteiger partial charge in [-0.05, 0) is 23.8 Å². The molecule has 0 saturated carbocycles. The Bertz CT molecular complexity index is 628. The molecule has 2 aromatic rings. The lowest BCUT2D eigenvalue weighted by Gasteiger charge is -2.10. The van der Waals surface area contributed by atoms with E-state index in [0.717, 1.165) is 5.56 Å². The Morgan fingerprint density at radius 1 is 1.19 bits per heavy atom. The molecule has 1 N–H and O–H groups in total. The molecule has 0 radical (unpaired) electrons. The van der Waals surface area contributed by atoms with Gasteiger partial charge in [0.15, 0.2) is 0 Å². The third-order valence-electron chi connectivity index (χ3n) is 2.99. The zero-order valence-electron chi connectivity index (χ0n) is 11.2. The molecule has 0 heterocycles. The first-order valence-electron chi connectivity index (χ1n) is 6.35. The van der Waals surface area contributed by atoms with Gasteiger partial charge in [0.25, 0.3) is 5.69 Å². The van der Waals surface area contributed by atoms with Gasteiger partial charge in [0.2, 0.25) is 0 Å². The Labute approximate surface area is 120 Å². The van der Waals surface area contributed by atoms with Crippen LogP contribution in [0.5, 0.6) is 5.75 Å². The van der Waals surface area contributed by atoms with Crippen molar-refractivity contribution in [2.24, 2.45) is 0 Å². The zero-order chi connectivity index (χ0) is 15.2. The van der Waals surface area contributed by atoms with Crippen LogP contribution in [0.4, 0.5) is 10.1 Å². The molecule has 2 aromatic carbocycles. The molecule has 0 aliphatic carbocycles. The molecule has 0 aliphatic rings. The molecule has 0 unspecified atom stereocenters. The van der Waals surface area contributed by atoms with E-state index in [4.69, 9.17) is 9.84 Å². The number of ether oxygens (including phenoxy) is 1. The minimum absolute atomic E-state index is 0.0424. The van der Waals surface area contributed by atoms with Crippen LogP contribution in [0, 0.1) is 15.9 Å². The van der Waals surface area contributed by atoms with Gasteiger partial charge in [0, 0.05) is 24.1 Å². The molecule has 0 aliphatic heterocycles. The molecule has 6 heteroatoms. The molecule has 0 aromatic heterocycles. The quantitative estimate of drug-likeness (QED) is 0.656. The molecule has 110 valence electrons. The van der Waals surface area contributed by atoms with Crippen molar-refractivity contribution in [2.45, 2.75) is 13.0 Å². The summed E-state index contributed by atoms with van der Waals surface area (Å²) in [6.07, 6.45) is 0.556. The first kappa shape index (κ1) is 14.9. The smallest absolute Gasteiger partial charge is 0.269 e. The van der Waals surface area contributed by atoms with E-state index in [2.05, 4.69) is 0 Å². The molecule has 0 spiro atoms. The van der Waals surface area contributed by atoms with Gasteiger partial charge in [0.05, 0.1) is 18.1 Å². The number of aliphatic hydroxyl groups is 1. The summed E-state index contributed by atoms with van der Waals surface area (Å²) in [6.45, 7) is 0.0288. The van der Waals surface area contributed by atoms with Crippen molar-refractivity contribution >= 4 is 5.69 Å². The van der Waals surface area contributed by atoms with E-state index < -0.39 is 10.7 Å². The zero-order valence-corrected chi connectivity index (χ0v) is 11.2. The van der Waals surface area contributed by atoms with Crippen molar-refractivity contribution < 1.29 is 19.2 Å². The number of hydrogen-bond donors (Lipinski definition) is 1. The molecular weight excluding hydrogens is 277 g/mol. The molecule has 0 bridgehead atoms. The number of aliphatic hydroxyl groups excluding tert-OH is 1. The summed E-state index contributed by atoms with van der Waals surface area (Å²) in [4.78, 5) is 10.1. The molecule has 5 nitrogen and oxygen atoms in total. The van der Waals surface area contributed by atoms with Crippen LogP contribution in [0.3, 0.4) is 0 Å². The third-order valence-corrected chi connectivity index (χ3v) is 2.99. The van der Waals surface area contributed by atoms with Crippen LogP contribution < -0.4 is 4.74 Å². The van der Waals surface area contributed by atoms with Crippen LogP contribution in [0.2, 0.25) is 0 Å². The lowest BCUT2D eigenvalue weighted by atomic mass is 10.1. The summed E-state index contributed by atoms with van der Waals surface area (Å²) in [5, 5.41) is 19.7. The summed E-state index contributed by atoms with van der Waals surface area (Å²) >= 11 is 0. The van der Waals surface area contributed by atoms with E-state index >= 15 is 0 Å². The van der Waals surface area contributed by atoms with Gasteiger partial charge >= 0.3 is 0 Å². The molecule has 21 heavy (non-hydrogen) atoms. The number of benzene rings is 2. The number of rotatable bonds is 6. The second kappa shape index (κ2) is 6.81. The highest BCUT2D eigenvalue weighted by Gasteiger charge is 2.06. The highest BCUT2D eigenvalue weighted by molar-refractivity contribution is 5.34. The molecule has 0 atom stereocenters. The predicted molar refractivity (Wildman–Crippen MR) is 74.6 cm³/mol. The van der Waals surface area contributed by atoms with Crippen LogP contribution in [-0.2, 0) is 13.0 Å². The summed E-state index contributed by atoms with van der Waals surface area (Å²) in [5.41, 5.74) is 1.33. The Morgan fingerprint density at radius 2 is 1.90 bits per heavy atom. The minimum atomic E-state index is -0.452. The second-order valence-corrected chi connectivity index (χ2v) is 4.43. The molecule has 0 amide bonds. The highest BCUT2D eigenvalue weighted by atomic mass is 19.1. The second-order valence-electron chi connectivity index (χ2n) is 4.43. The van der Waals surface area contributed by atoms with E-state index in [9.17, 15) is 14.5 Å². The average molecular weight is 291 g/mol. The Balaban J connectivity index is 1.93. The van der Waals surface area contributed by atoms with E-state index in [1.807, 2.05) is 0 Å². The number of nitro groups is 1. The van der Waals surface area contributed by atoms with Crippen molar-refractivity contribution in [1.29, 1.82) is 0 Å². The fourth-order valence-electron chi connectivity index (χ4n) is 1.88. The van der Waals surface area contributed by atoms with E-state index in [-0.39, 0.29) is 12.3 Å². The maximum absolute atomic E-state index is 13.0. The number of halogens is 1. The lowest BCUT2D eigenvalue weighted by Crippen LogP contribution is -2.04. The van der Waals surface area contributed by atoms with Crippen molar-refractivity contribution in [3.05, 3.63) is 69.5 Å². The standard InChI is InChI=1S/C15H14FNO4/c16-13-3-6-15(12(9-13)10-18)21-8-7-11-1-4-14(5-2-11)17(19)20/h1-6,9,18H,7-8,10H2. The van der Waals surface area contributed by atoms with Crippen molar-refractivity contribution in [2.75, 3.05) is 6.61 Å². The minimum Gasteiger partial charge on any atom is -0.493 e. The van der Waals surface area contributed by atoms with Gasteiger partial charge < -0.3 is 9.84 Å². The monoisotopic (exact) mass is 291 g/mol. The maximum atomic E-state index is 13.0. The number of nitrogens with zero attached hydrogens (tertiary/aromatic N) is 1. The fourth-order valence-corrected chi connectivity index (χ4v) is 1.88. The topological polar surface area (TPSA) is 72.6 Å². The van der Waals surface area contributed by atoms with Gasteiger partial charge in [-0.25, -0.2) is 4.39 Å². The van der Waals surface area contributed by atoms with Crippen LogP contribution in [0.25, 0.3) is 0 Å². The van der Waals surface area contributed by atoms with E-state index in [1.165, 1.54) is 30.3 Å². The molecular formula is C15H14FNO4. The first-order chi connectivity index (χ1) is 10.1. The molecule has 0 saturated heterocycles. The van der Waals surface area contributed by atoms with E-state index in [0.29, 0.717) is 24.3 Å². The fraction of sp³-hybridized carbons (Fsp3) is 0.200. The van der Waals surface area contributed by atoms with Crippen LogP contribution in [-0.4, -0.2) is 16.6 Å². The summed E-state index contributed by atoms with van der Waals surface area (Å²) in [7, 11) is 0. The third kappa shape index (κ3) is 4.00. The van der Waals surface area contributed by atoms with Gasteiger partial charge in [-0.15, -0.1) is 0 Å². The number of non-ortho nitro benzene ring substituents is 1. The van der Waals surface area contributed by atoms with Crippen LogP contribution >= 0.6 is 0 Å². The highest BCUT2D eigenvalue weighted by Crippen LogP contribution is 2.20. The Morgan fingerprint density at radius 3 is 2.52 bits per heavy atom. The summed E-state index contributed by atoms with van der Waals surface area (Å²) in [5.74, 6) is 0.00239. The van der Waals surface area contributed by atoms with Gasteiger partial charge in [0.1, 0.15) is 11.6 Å². The number of hydrogen-bond acceptors (Lipinski definition) is 4. The SMILES string of the molecule is O=[N+]([O-])c1ccc(CCOc2ccc(F)cc2CO)cc1. The van der Waals surface area contributed by atoms with Crippen molar-refractivity contribution in [1.82, 2.24) is 0 Å². The summed E-state index contributed by atoms with van der Waals surface area (Å²) in [6, 6.07) is 10.2. The molecule has 2 rings (SSSR count). The van der Waals surface area contributed by atoms with Crippen LogP contribution in [0.1, 0.15) is 11.1 Å². The normalized spacial score (nSPS) is 10.4. The van der Waals surface area contributed by atoms with Crippen LogP contribution in [0.15, 0.2) is 42.5 Å². The Hall–Kier alpha value is -2.47. The predicted octanol–water partition coefficient (Wildman–Crippen LogP) is 2.85.